The Morgan fingerprint density at radius 1 is 0.976 bits per heavy atom. The number of ether oxygens (including phenoxy) is 2. The molecule has 0 radical (unpaired) electrons. The molecular formula is C34H37N3O4. The van der Waals surface area contributed by atoms with Gasteiger partial charge in [0.25, 0.3) is 5.91 Å². The van der Waals surface area contributed by atoms with Crippen molar-refractivity contribution >= 4 is 11.6 Å². The molecule has 4 aromatic rings. The van der Waals surface area contributed by atoms with E-state index in [1.54, 1.807) is 18.3 Å². The summed E-state index contributed by atoms with van der Waals surface area (Å²) in [4.78, 5) is 19.1. The van der Waals surface area contributed by atoms with E-state index in [4.69, 9.17) is 9.47 Å². The summed E-state index contributed by atoms with van der Waals surface area (Å²) in [6.07, 6.45) is 2.20. The third-order valence-corrected chi connectivity index (χ3v) is 7.87. The first-order valence-electron chi connectivity index (χ1n) is 14.0. The Morgan fingerprint density at radius 3 is 2.46 bits per heavy atom. The first-order chi connectivity index (χ1) is 19.9. The Kier molecular flexibility index (Phi) is 9.21. The third kappa shape index (κ3) is 6.89. The topological polar surface area (TPSA) is 83.9 Å². The molecule has 41 heavy (non-hydrogen) atoms. The van der Waals surface area contributed by atoms with Gasteiger partial charge in [0.1, 0.15) is 0 Å². The van der Waals surface area contributed by atoms with E-state index in [2.05, 4.69) is 60.4 Å². The number of likely N-dealkylation sites (N-methyl/N-ethyl adjacent to an activating group) is 1. The Labute approximate surface area is 241 Å². The fourth-order valence-corrected chi connectivity index (χ4v) is 5.22. The number of nitrogens with one attached hydrogen (secondary N) is 1. The van der Waals surface area contributed by atoms with E-state index in [1.165, 1.54) is 11.8 Å². The van der Waals surface area contributed by atoms with E-state index in [9.17, 15) is 9.90 Å². The highest BCUT2D eigenvalue weighted by molar-refractivity contribution is 6.04. The van der Waals surface area contributed by atoms with Gasteiger partial charge in [-0.05, 0) is 54.9 Å². The molecule has 1 aliphatic rings. The monoisotopic (exact) mass is 551 g/mol. The van der Waals surface area contributed by atoms with Gasteiger partial charge in [0.2, 0.25) is 0 Å². The predicted octanol–water partition coefficient (Wildman–Crippen LogP) is 6.31. The lowest BCUT2D eigenvalue weighted by atomic mass is 9.89. The van der Waals surface area contributed by atoms with Crippen LogP contribution >= 0.6 is 0 Å². The quantitative estimate of drug-likeness (QED) is 0.254. The van der Waals surface area contributed by atoms with E-state index in [-0.39, 0.29) is 36.7 Å². The molecule has 0 saturated carbocycles. The zero-order valence-corrected chi connectivity index (χ0v) is 23.7. The van der Waals surface area contributed by atoms with Crippen molar-refractivity contribution in [3.8, 4) is 0 Å². The summed E-state index contributed by atoms with van der Waals surface area (Å²) in [5.74, 6) is -0.171. The number of carbonyl (C=O) groups is 1. The maximum Gasteiger partial charge on any atom is 0.257 e. The van der Waals surface area contributed by atoms with Gasteiger partial charge in [-0.15, -0.1) is 0 Å². The number of aliphatic hydroxyl groups is 1. The average molecular weight is 552 g/mol. The van der Waals surface area contributed by atoms with Crippen molar-refractivity contribution in [2.75, 3.05) is 18.9 Å². The van der Waals surface area contributed by atoms with Gasteiger partial charge in [0, 0.05) is 42.1 Å². The molecule has 7 nitrogen and oxygen atoms in total. The summed E-state index contributed by atoms with van der Waals surface area (Å²) >= 11 is 0. The van der Waals surface area contributed by atoms with Crippen molar-refractivity contribution in [1.29, 1.82) is 0 Å². The van der Waals surface area contributed by atoms with Crippen molar-refractivity contribution in [2.24, 2.45) is 5.92 Å². The molecule has 1 aromatic heterocycles. The van der Waals surface area contributed by atoms with Crippen LogP contribution in [-0.2, 0) is 16.1 Å². The van der Waals surface area contributed by atoms with Crippen LogP contribution in [0.5, 0.6) is 0 Å². The van der Waals surface area contributed by atoms with Crippen LogP contribution in [0.25, 0.3) is 0 Å². The molecule has 1 fully saturated rings. The number of nitrogens with zero attached hydrogens (tertiary/aromatic N) is 2. The Hall–Kier alpha value is -3.88. The number of pyridine rings is 1. The maximum absolute atomic E-state index is 12.8. The summed E-state index contributed by atoms with van der Waals surface area (Å²) in [5, 5.41) is 12.5. The molecule has 2 heterocycles. The van der Waals surface area contributed by atoms with Crippen LogP contribution in [0.4, 0.5) is 5.69 Å². The molecule has 5 rings (SSSR count). The van der Waals surface area contributed by atoms with Gasteiger partial charge in [-0.25, -0.2) is 0 Å². The number of hydrogen-bond acceptors (Lipinski definition) is 6. The van der Waals surface area contributed by atoms with Crippen molar-refractivity contribution in [3.05, 3.63) is 131 Å². The number of hydrogen-bond donors (Lipinski definition) is 2. The Bertz CT molecular complexity index is 1420. The number of amides is 1. The maximum atomic E-state index is 12.8. The van der Waals surface area contributed by atoms with Crippen molar-refractivity contribution in [1.82, 2.24) is 9.88 Å². The number of aromatic nitrogens is 1. The lowest BCUT2D eigenvalue weighted by Crippen LogP contribution is -2.44. The second kappa shape index (κ2) is 13.2. The van der Waals surface area contributed by atoms with E-state index in [0.29, 0.717) is 17.8 Å². The second-order valence-corrected chi connectivity index (χ2v) is 10.7. The summed E-state index contributed by atoms with van der Waals surface area (Å²) in [6.45, 7) is 5.07. The van der Waals surface area contributed by atoms with Crippen molar-refractivity contribution in [2.45, 2.75) is 45.0 Å². The van der Waals surface area contributed by atoms with Crippen LogP contribution in [0.1, 0.15) is 64.9 Å². The van der Waals surface area contributed by atoms with Crippen LogP contribution in [-0.4, -0.2) is 40.6 Å². The highest BCUT2D eigenvalue weighted by Gasteiger charge is 2.39. The van der Waals surface area contributed by atoms with Gasteiger partial charge in [-0.1, -0.05) is 73.7 Å². The normalized spacial score (nSPS) is 21.4. The average Bonchev–Trinajstić information content (AvgIpc) is 3.02. The molecule has 212 valence electrons. The van der Waals surface area contributed by atoms with Crippen molar-refractivity contribution < 1.29 is 19.4 Å². The van der Waals surface area contributed by atoms with E-state index in [0.717, 1.165) is 16.7 Å². The van der Waals surface area contributed by atoms with Gasteiger partial charge in [-0.2, -0.15) is 0 Å². The second-order valence-electron chi connectivity index (χ2n) is 10.7. The fraction of sp³-hybridized carbons (Fsp3) is 0.294. The summed E-state index contributed by atoms with van der Waals surface area (Å²) in [5.41, 5.74) is 5.10. The van der Waals surface area contributed by atoms with Crippen LogP contribution in [0, 0.1) is 5.92 Å². The first-order valence-corrected chi connectivity index (χ1v) is 14.0. The minimum Gasteiger partial charge on any atom is -0.392 e. The van der Waals surface area contributed by atoms with Crippen molar-refractivity contribution in [3.63, 3.8) is 0 Å². The van der Waals surface area contributed by atoms with Crippen LogP contribution in [0.2, 0.25) is 0 Å². The van der Waals surface area contributed by atoms with Gasteiger partial charge >= 0.3 is 0 Å². The standard InChI is InChI=1S/C34H37N3O4/c1-23-31(21-37(3)24(2)26-9-5-4-6-10-26)40-34(41-32(23)27-16-14-25(22-38)15-17-27)28-11-7-13-30(19-28)36-33(39)29-12-8-18-35-20-29/h4-20,23-24,31-32,34,38H,21-22H2,1-3H3,(H,36,39). The van der Waals surface area contributed by atoms with Gasteiger partial charge in [-0.3, -0.25) is 14.7 Å². The van der Waals surface area contributed by atoms with Crippen LogP contribution in [0.3, 0.4) is 0 Å². The highest BCUT2D eigenvalue weighted by atomic mass is 16.7. The zero-order chi connectivity index (χ0) is 28.8. The van der Waals surface area contributed by atoms with Gasteiger partial charge in [0.05, 0.1) is 24.4 Å². The molecule has 1 amide bonds. The number of rotatable bonds is 9. The number of benzene rings is 3. The zero-order valence-electron chi connectivity index (χ0n) is 23.7. The molecule has 7 heteroatoms. The summed E-state index contributed by atoms with van der Waals surface area (Å²) in [6, 6.07) is 29.6. The molecule has 5 atom stereocenters. The molecule has 1 saturated heterocycles. The number of carbonyl (C=O) groups excluding carboxylic acids is 1. The Morgan fingerprint density at radius 2 is 1.76 bits per heavy atom. The molecule has 0 bridgehead atoms. The first kappa shape index (κ1) is 28.6. The molecule has 2 N–H and O–H groups in total. The number of aliphatic hydroxyl groups excluding tert-OH is 1. The molecule has 0 spiro atoms. The summed E-state index contributed by atoms with van der Waals surface area (Å²) in [7, 11) is 2.12. The molecule has 5 unspecified atom stereocenters. The lowest BCUT2D eigenvalue weighted by molar-refractivity contribution is -0.276. The molecule has 0 aliphatic carbocycles. The predicted molar refractivity (Wildman–Crippen MR) is 159 cm³/mol. The molecule has 1 aliphatic heterocycles. The van der Waals surface area contributed by atoms with Gasteiger partial charge in [0.15, 0.2) is 6.29 Å². The SMILES string of the molecule is CC1C(CN(C)C(C)c2ccccc2)OC(c2cccc(NC(=O)c3cccnc3)c2)OC1c1ccc(CO)cc1. The van der Waals surface area contributed by atoms with E-state index in [1.807, 2.05) is 54.6 Å². The summed E-state index contributed by atoms with van der Waals surface area (Å²) < 4.78 is 13.3. The molecule has 3 aromatic carbocycles. The smallest absolute Gasteiger partial charge is 0.257 e. The van der Waals surface area contributed by atoms with Gasteiger partial charge < -0.3 is 19.9 Å². The lowest BCUT2D eigenvalue weighted by Gasteiger charge is -2.43. The minimum atomic E-state index is -0.630. The van der Waals surface area contributed by atoms with Crippen LogP contribution < -0.4 is 5.32 Å². The largest absolute Gasteiger partial charge is 0.392 e. The fourth-order valence-electron chi connectivity index (χ4n) is 5.22. The van der Waals surface area contributed by atoms with Crippen LogP contribution in [0.15, 0.2) is 103 Å². The minimum absolute atomic E-state index is 0.00452. The third-order valence-electron chi connectivity index (χ3n) is 7.87. The van der Waals surface area contributed by atoms with E-state index >= 15 is 0 Å². The van der Waals surface area contributed by atoms with E-state index < -0.39 is 6.29 Å². The molecular weight excluding hydrogens is 514 g/mol. The highest BCUT2D eigenvalue weighted by Crippen LogP contribution is 2.42. The number of anilines is 1. The Balaban J connectivity index is 1.39.